The second-order valence-electron chi connectivity index (χ2n) is 4.67. The van der Waals surface area contributed by atoms with Crippen molar-refractivity contribution in [1.82, 2.24) is 0 Å². The highest BCUT2D eigenvalue weighted by Gasteiger charge is 2.05. The highest BCUT2D eigenvalue weighted by Crippen LogP contribution is 2.21. The Morgan fingerprint density at radius 1 is 1.10 bits per heavy atom. The average Bonchev–Trinajstić information content (AvgIpc) is 2.37. The van der Waals surface area contributed by atoms with E-state index in [1.165, 1.54) is 17.3 Å². The molecule has 0 aliphatic heterocycles. The van der Waals surface area contributed by atoms with E-state index in [1.54, 1.807) is 6.07 Å². The summed E-state index contributed by atoms with van der Waals surface area (Å²) in [4.78, 5) is 13.0. The SMILES string of the molecule is Cc1ccc(SCC(=O)Nc2cc(C)cc(Cl)c2)cc1. The summed E-state index contributed by atoms with van der Waals surface area (Å²) in [6, 6.07) is 13.6. The van der Waals surface area contributed by atoms with Crippen LogP contribution in [0.3, 0.4) is 0 Å². The highest BCUT2D eigenvalue weighted by atomic mass is 35.5. The Kier molecular flexibility index (Phi) is 5.10. The first-order chi connectivity index (χ1) is 9.52. The molecule has 0 bridgehead atoms. The lowest BCUT2D eigenvalue weighted by molar-refractivity contribution is -0.113. The third kappa shape index (κ3) is 4.58. The smallest absolute Gasteiger partial charge is 0.234 e. The van der Waals surface area contributed by atoms with Gasteiger partial charge in [0.1, 0.15) is 0 Å². The van der Waals surface area contributed by atoms with Crippen LogP contribution in [0.5, 0.6) is 0 Å². The first kappa shape index (κ1) is 14.9. The number of hydrogen-bond acceptors (Lipinski definition) is 2. The van der Waals surface area contributed by atoms with Crippen molar-refractivity contribution in [2.45, 2.75) is 18.7 Å². The fourth-order valence-electron chi connectivity index (χ4n) is 1.79. The molecule has 0 heterocycles. The summed E-state index contributed by atoms with van der Waals surface area (Å²) in [6.07, 6.45) is 0. The number of benzene rings is 2. The van der Waals surface area contributed by atoms with Gasteiger partial charge in [0.25, 0.3) is 0 Å². The van der Waals surface area contributed by atoms with Gasteiger partial charge in [0.05, 0.1) is 5.75 Å². The van der Waals surface area contributed by atoms with E-state index in [4.69, 9.17) is 11.6 Å². The molecule has 0 aliphatic carbocycles. The summed E-state index contributed by atoms with van der Waals surface area (Å²) in [5, 5.41) is 3.49. The number of anilines is 1. The fourth-order valence-corrected chi connectivity index (χ4v) is 2.78. The maximum Gasteiger partial charge on any atom is 0.234 e. The Hall–Kier alpha value is -1.45. The van der Waals surface area contributed by atoms with E-state index in [-0.39, 0.29) is 5.91 Å². The van der Waals surface area contributed by atoms with Gasteiger partial charge in [-0.1, -0.05) is 29.3 Å². The van der Waals surface area contributed by atoms with Crippen LogP contribution >= 0.6 is 23.4 Å². The third-order valence-electron chi connectivity index (χ3n) is 2.72. The van der Waals surface area contributed by atoms with E-state index in [0.717, 1.165) is 16.1 Å². The number of aryl methyl sites for hydroxylation is 2. The first-order valence-electron chi connectivity index (χ1n) is 6.29. The van der Waals surface area contributed by atoms with Crippen LogP contribution in [-0.2, 0) is 4.79 Å². The van der Waals surface area contributed by atoms with Crippen LogP contribution < -0.4 is 5.32 Å². The number of rotatable bonds is 4. The molecule has 0 spiro atoms. The monoisotopic (exact) mass is 305 g/mol. The van der Waals surface area contributed by atoms with Crippen molar-refractivity contribution in [2.24, 2.45) is 0 Å². The lowest BCUT2D eigenvalue weighted by Crippen LogP contribution is -2.14. The molecule has 2 rings (SSSR count). The van der Waals surface area contributed by atoms with Crippen LogP contribution in [0.2, 0.25) is 5.02 Å². The van der Waals surface area contributed by atoms with E-state index in [2.05, 4.69) is 5.32 Å². The standard InChI is InChI=1S/C16H16ClNOS/c1-11-3-5-15(6-4-11)20-10-16(19)18-14-8-12(2)7-13(17)9-14/h3-9H,10H2,1-2H3,(H,18,19). The minimum absolute atomic E-state index is 0.0303. The normalized spacial score (nSPS) is 10.3. The van der Waals surface area contributed by atoms with Gasteiger partial charge < -0.3 is 5.32 Å². The van der Waals surface area contributed by atoms with Crippen molar-refractivity contribution in [1.29, 1.82) is 0 Å². The summed E-state index contributed by atoms with van der Waals surface area (Å²) in [7, 11) is 0. The molecular weight excluding hydrogens is 290 g/mol. The van der Waals surface area contributed by atoms with Gasteiger partial charge in [-0.3, -0.25) is 4.79 Å². The van der Waals surface area contributed by atoms with Crippen LogP contribution in [0, 0.1) is 13.8 Å². The summed E-state index contributed by atoms with van der Waals surface area (Å²) >= 11 is 7.48. The molecule has 4 heteroatoms. The first-order valence-corrected chi connectivity index (χ1v) is 7.66. The molecule has 0 saturated carbocycles. The van der Waals surface area contributed by atoms with Crippen molar-refractivity contribution < 1.29 is 4.79 Å². The fraction of sp³-hybridized carbons (Fsp3) is 0.188. The summed E-state index contributed by atoms with van der Waals surface area (Å²) in [5.41, 5.74) is 2.98. The minimum atomic E-state index is -0.0303. The predicted molar refractivity (Wildman–Crippen MR) is 86.7 cm³/mol. The van der Waals surface area contributed by atoms with E-state index in [1.807, 2.05) is 50.2 Å². The highest BCUT2D eigenvalue weighted by molar-refractivity contribution is 8.00. The third-order valence-corrected chi connectivity index (χ3v) is 3.95. The maximum atomic E-state index is 11.9. The van der Waals surface area contributed by atoms with E-state index in [0.29, 0.717) is 10.8 Å². The second-order valence-corrected chi connectivity index (χ2v) is 6.15. The van der Waals surface area contributed by atoms with E-state index in [9.17, 15) is 4.79 Å². The van der Waals surface area contributed by atoms with Gasteiger partial charge in [-0.2, -0.15) is 0 Å². The molecule has 104 valence electrons. The van der Waals surface area contributed by atoms with Crippen molar-refractivity contribution in [3.8, 4) is 0 Å². The van der Waals surface area contributed by atoms with Crippen LogP contribution in [0.15, 0.2) is 47.4 Å². The van der Waals surface area contributed by atoms with Crippen molar-refractivity contribution in [3.05, 3.63) is 58.6 Å². The molecule has 20 heavy (non-hydrogen) atoms. The molecule has 1 N–H and O–H groups in total. The Morgan fingerprint density at radius 2 is 1.80 bits per heavy atom. The molecule has 0 unspecified atom stereocenters. The second kappa shape index (κ2) is 6.82. The van der Waals surface area contributed by atoms with Gasteiger partial charge in [0, 0.05) is 15.6 Å². The molecule has 0 atom stereocenters. The molecule has 0 fully saturated rings. The largest absolute Gasteiger partial charge is 0.325 e. The summed E-state index contributed by atoms with van der Waals surface area (Å²) < 4.78 is 0. The lowest BCUT2D eigenvalue weighted by atomic mass is 10.2. The van der Waals surface area contributed by atoms with Crippen molar-refractivity contribution in [2.75, 3.05) is 11.1 Å². The summed E-state index contributed by atoms with van der Waals surface area (Å²) in [6.45, 7) is 3.99. The van der Waals surface area contributed by atoms with Gasteiger partial charge in [0.2, 0.25) is 5.91 Å². The number of nitrogens with one attached hydrogen (secondary N) is 1. The Labute approximate surface area is 128 Å². The van der Waals surface area contributed by atoms with Crippen LogP contribution in [0.25, 0.3) is 0 Å². The molecule has 2 nitrogen and oxygen atoms in total. The van der Waals surface area contributed by atoms with Gasteiger partial charge in [-0.25, -0.2) is 0 Å². The Balaban J connectivity index is 1.90. The molecule has 0 aliphatic rings. The van der Waals surface area contributed by atoms with Crippen LogP contribution in [0.1, 0.15) is 11.1 Å². The number of carbonyl (C=O) groups is 1. The lowest BCUT2D eigenvalue weighted by Gasteiger charge is -2.07. The number of hydrogen-bond donors (Lipinski definition) is 1. The zero-order chi connectivity index (χ0) is 14.5. The molecule has 2 aromatic rings. The molecule has 1 amide bonds. The Bertz CT molecular complexity index is 590. The van der Waals surface area contributed by atoms with Crippen molar-refractivity contribution in [3.63, 3.8) is 0 Å². The quantitative estimate of drug-likeness (QED) is 0.830. The molecule has 0 saturated heterocycles. The van der Waals surface area contributed by atoms with Gasteiger partial charge >= 0.3 is 0 Å². The van der Waals surface area contributed by atoms with E-state index < -0.39 is 0 Å². The van der Waals surface area contributed by atoms with Gasteiger partial charge in [-0.15, -0.1) is 11.8 Å². The minimum Gasteiger partial charge on any atom is -0.325 e. The van der Waals surface area contributed by atoms with Crippen LogP contribution in [-0.4, -0.2) is 11.7 Å². The molecule has 0 radical (unpaired) electrons. The topological polar surface area (TPSA) is 29.1 Å². The average molecular weight is 306 g/mol. The summed E-state index contributed by atoms with van der Waals surface area (Å²) in [5.74, 6) is 0.353. The molecule has 0 aromatic heterocycles. The Morgan fingerprint density at radius 3 is 2.45 bits per heavy atom. The number of thioether (sulfide) groups is 1. The predicted octanol–water partition coefficient (Wildman–Crippen LogP) is 4.69. The molecule has 2 aromatic carbocycles. The van der Waals surface area contributed by atoms with E-state index >= 15 is 0 Å². The van der Waals surface area contributed by atoms with Crippen molar-refractivity contribution >= 4 is 35.0 Å². The zero-order valence-corrected chi connectivity index (χ0v) is 13.0. The number of carbonyl (C=O) groups excluding carboxylic acids is 1. The maximum absolute atomic E-state index is 11.9. The van der Waals surface area contributed by atoms with Gasteiger partial charge in [0.15, 0.2) is 0 Å². The number of amides is 1. The van der Waals surface area contributed by atoms with Crippen LogP contribution in [0.4, 0.5) is 5.69 Å². The molecular formula is C16H16ClNOS. The number of halogens is 1. The van der Waals surface area contributed by atoms with Gasteiger partial charge in [-0.05, 0) is 49.7 Å². The zero-order valence-electron chi connectivity index (χ0n) is 11.4.